The van der Waals surface area contributed by atoms with E-state index in [0.29, 0.717) is 13.2 Å². The number of nitrogens with zero attached hydrogens (tertiary/aromatic N) is 2. The Morgan fingerprint density at radius 1 is 1.55 bits per heavy atom. The first-order valence-electron chi connectivity index (χ1n) is 3.58. The summed E-state index contributed by atoms with van der Waals surface area (Å²) in [6.07, 6.45) is 3.47. The molecule has 0 N–H and O–H groups in total. The normalized spacial score (nSPS) is 19.4. The lowest BCUT2D eigenvalue weighted by Gasteiger charge is -2.03. The van der Waals surface area contributed by atoms with E-state index >= 15 is 0 Å². The number of rotatable bonds is 1. The minimum absolute atomic E-state index is 0.191. The molecule has 1 fully saturated rings. The highest BCUT2D eigenvalue weighted by Crippen LogP contribution is 2.21. The smallest absolute Gasteiger partial charge is 0.187 e. The van der Waals surface area contributed by atoms with Crippen LogP contribution in [0.3, 0.4) is 0 Å². The second kappa shape index (κ2) is 2.64. The number of ether oxygens (including phenoxy) is 2. The second-order valence-corrected chi connectivity index (χ2v) is 2.52. The van der Waals surface area contributed by atoms with Gasteiger partial charge in [-0.15, -0.1) is 0 Å². The van der Waals surface area contributed by atoms with E-state index < -0.39 is 0 Å². The first-order chi connectivity index (χ1) is 5.36. The summed E-state index contributed by atoms with van der Waals surface area (Å²) >= 11 is 0. The monoisotopic (exact) mass is 154 g/mol. The fourth-order valence-corrected chi connectivity index (χ4v) is 1.11. The summed E-state index contributed by atoms with van der Waals surface area (Å²) in [5.74, 6) is 0. The Bertz CT molecular complexity index is 240. The molecule has 1 aromatic heterocycles. The fraction of sp³-hybridized carbons (Fsp3) is 0.571. The Morgan fingerprint density at radius 3 is 2.82 bits per heavy atom. The van der Waals surface area contributed by atoms with Crippen molar-refractivity contribution in [3.05, 3.63) is 18.0 Å². The zero-order valence-electron chi connectivity index (χ0n) is 6.36. The number of hydrogen-bond donors (Lipinski definition) is 0. The topological polar surface area (TPSA) is 36.3 Å². The predicted molar refractivity (Wildman–Crippen MR) is 37.9 cm³/mol. The maximum Gasteiger partial charge on any atom is 0.187 e. The lowest BCUT2D eigenvalue weighted by molar-refractivity contribution is -0.0441. The van der Waals surface area contributed by atoms with E-state index in [1.165, 1.54) is 0 Å². The first kappa shape index (κ1) is 6.82. The third-order valence-electron chi connectivity index (χ3n) is 1.62. The van der Waals surface area contributed by atoms with Gasteiger partial charge in [-0.1, -0.05) is 0 Å². The molecule has 0 aliphatic carbocycles. The van der Waals surface area contributed by atoms with Crippen LogP contribution in [-0.4, -0.2) is 23.0 Å². The van der Waals surface area contributed by atoms with Gasteiger partial charge in [-0.25, -0.2) is 0 Å². The summed E-state index contributed by atoms with van der Waals surface area (Å²) in [5.41, 5.74) is 0.991. The molecule has 0 atom stereocenters. The van der Waals surface area contributed by atoms with Gasteiger partial charge in [0.25, 0.3) is 0 Å². The molecule has 1 aliphatic rings. The molecule has 0 spiro atoms. The van der Waals surface area contributed by atoms with Gasteiger partial charge in [0, 0.05) is 18.8 Å². The van der Waals surface area contributed by atoms with E-state index in [0.717, 1.165) is 5.56 Å². The molecule has 0 bridgehead atoms. The standard InChI is InChI=1S/C7H10N2O2/c1-9-5-6(4-8-9)7-10-2-3-11-7/h4-5,7H,2-3H2,1H3. The lowest BCUT2D eigenvalue weighted by Crippen LogP contribution is -1.95. The Balaban J connectivity index is 2.15. The average Bonchev–Trinajstić information content (AvgIpc) is 2.55. The summed E-state index contributed by atoms with van der Waals surface area (Å²) in [6.45, 7) is 1.36. The predicted octanol–water partition coefficient (Wildman–Crippen LogP) is 0.466. The molecule has 4 nitrogen and oxygen atoms in total. The van der Waals surface area contributed by atoms with Gasteiger partial charge in [0.05, 0.1) is 19.4 Å². The average molecular weight is 154 g/mol. The van der Waals surface area contributed by atoms with Crippen molar-refractivity contribution in [1.82, 2.24) is 9.78 Å². The van der Waals surface area contributed by atoms with Crippen LogP contribution < -0.4 is 0 Å². The van der Waals surface area contributed by atoms with Crippen LogP contribution in [0.2, 0.25) is 0 Å². The van der Waals surface area contributed by atoms with Gasteiger partial charge >= 0.3 is 0 Å². The Kier molecular flexibility index (Phi) is 1.63. The van der Waals surface area contributed by atoms with Crippen LogP contribution in [0.5, 0.6) is 0 Å². The van der Waals surface area contributed by atoms with E-state index in [1.54, 1.807) is 10.9 Å². The third kappa shape index (κ3) is 1.27. The molecule has 1 aliphatic heterocycles. The molecule has 4 heteroatoms. The molecule has 2 rings (SSSR count). The maximum absolute atomic E-state index is 5.28. The largest absolute Gasteiger partial charge is 0.346 e. The van der Waals surface area contributed by atoms with Gasteiger partial charge in [-0.3, -0.25) is 4.68 Å². The summed E-state index contributed by atoms with van der Waals surface area (Å²) < 4.78 is 12.3. The van der Waals surface area contributed by atoms with Crippen molar-refractivity contribution in [1.29, 1.82) is 0 Å². The molecule has 0 amide bonds. The summed E-state index contributed by atoms with van der Waals surface area (Å²) in [6, 6.07) is 0. The van der Waals surface area contributed by atoms with Crippen molar-refractivity contribution < 1.29 is 9.47 Å². The van der Waals surface area contributed by atoms with Crippen LogP contribution in [0.4, 0.5) is 0 Å². The first-order valence-corrected chi connectivity index (χ1v) is 3.58. The molecule has 0 saturated carbocycles. The van der Waals surface area contributed by atoms with Crippen molar-refractivity contribution >= 4 is 0 Å². The number of aromatic nitrogens is 2. The SMILES string of the molecule is Cn1cc(C2OCCO2)cn1. The zero-order chi connectivity index (χ0) is 7.68. The van der Waals surface area contributed by atoms with E-state index in [4.69, 9.17) is 9.47 Å². The quantitative estimate of drug-likeness (QED) is 0.589. The van der Waals surface area contributed by atoms with Gasteiger partial charge in [0.15, 0.2) is 6.29 Å². The van der Waals surface area contributed by atoms with Crippen LogP contribution in [0.25, 0.3) is 0 Å². The van der Waals surface area contributed by atoms with Crippen LogP contribution in [0.15, 0.2) is 12.4 Å². The van der Waals surface area contributed by atoms with Crippen molar-refractivity contribution in [2.45, 2.75) is 6.29 Å². The minimum Gasteiger partial charge on any atom is -0.346 e. The lowest BCUT2D eigenvalue weighted by atomic mass is 10.3. The van der Waals surface area contributed by atoms with Gasteiger partial charge in [0.1, 0.15) is 0 Å². The van der Waals surface area contributed by atoms with E-state index in [9.17, 15) is 0 Å². The van der Waals surface area contributed by atoms with Crippen LogP contribution in [-0.2, 0) is 16.5 Å². The van der Waals surface area contributed by atoms with Gasteiger partial charge in [0.2, 0.25) is 0 Å². The molecule has 0 unspecified atom stereocenters. The number of hydrogen-bond acceptors (Lipinski definition) is 3. The van der Waals surface area contributed by atoms with Gasteiger partial charge in [-0.05, 0) is 0 Å². The summed E-state index contributed by atoms with van der Waals surface area (Å²) in [4.78, 5) is 0. The van der Waals surface area contributed by atoms with Crippen LogP contribution >= 0.6 is 0 Å². The van der Waals surface area contributed by atoms with Gasteiger partial charge < -0.3 is 9.47 Å². The maximum atomic E-state index is 5.28. The Labute approximate surface area is 64.7 Å². The molecular weight excluding hydrogens is 144 g/mol. The van der Waals surface area contributed by atoms with Crippen molar-refractivity contribution in [3.8, 4) is 0 Å². The zero-order valence-corrected chi connectivity index (χ0v) is 6.36. The molecule has 1 aromatic rings. The van der Waals surface area contributed by atoms with Crippen LogP contribution in [0.1, 0.15) is 11.9 Å². The van der Waals surface area contributed by atoms with Crippen molar-refractivity contribution in [2.24, 2.45) is 7.05 Å². The molecule has 0 radical (unpaired) electrons. The van der Waals surface area contributed by atoms with Crippen LogP contribution in [0, 0.1) is 0 Å². The second-order valence-electron chi connectivity index (χ2n) is 2.52. The Hall–Kier alpha value is -0.870. The molecule has 1 saturated heterocycles. The molecular formula is C7H10N2O2. The van der Waals surface area contributed by atoms with E-state index in [1.807, 2.05) is 13.2 Å². The molecule has 2 heterocycles. The van der Waals surface area contributed by atoms with E-state index in [-0.39, 0.29) is 6.29 Å². The molecule has 0 aromatic carbocycles. The molecule has 60 valence electrons. The van der Waals surface area contributed by atoms with E-state index in [2.05, 4.69) is 5.10 Å². The highest BCUT2D eigenvalue weighted by Gasteiger charge is 2.18. The van der Waals surface area contributed by atoms with Crippen molar-refractivity contribution in [3.63, 3.8) is 0 Å². The van der Waals surface area contributed by atoms with Crippen molar-refractivity contribution in [2.75, 3.05) is 13.2 Å². The van der Waals surface area contributed by atoms with Gasteiger partial charge in [-0.2, -0.15) is 5.10 Å². The minimum atomic E-state index is -0.191. The highest BCUT2D eigenvalue weighted by atomic mass is 16.7. The summed E-state index contributed by atoms with van der Waals surface area (Å²) in [7, 11) is 1.87. The fourth-order valence-electron chi connectivity index (χ4n) is 1.11. The number of aryl methyl sites for hydroxylation is 1. The highest BCUT2D eigenvalue weighted by molar-refractivity contribution is 5.05. The Morgan fingerprint density at radius 2 is 2.27 bits per heavy atom. The molecule has 11 heavy (non-hydrogen) atoms. The summed E-state index contributed by atoms with van der Waals surface area (Å²) in [5, 5.41) is 4.02. The third-order valence-corrected chi connectivity index (χ3v) is 1.62.